The number of thiazole rings is 1. The second-order valence-corrected chi connectivity index (χ2v) is 9.97. The highest BCUT2D eigenvalue weighted by Crippen LogP contribution is 2.39. The van der Waals surface area contributed by atoms with Crippen LogP contribution in [0.5, 0.6) is 23.0 Å². The summed E-state index contributed by atoms with van der Waals surface area (Å²) in [4.78, 5) is 13.5. The second kappa shape index (κ2) is 12.5. The van der Waals surface area contributed by atoms with Gasteiger partial charge in [0.25, 0.3) is 5.56 Å². The van der Waals surface area contributed by atoms with E-state index in [1.165, 1.54) is 11.7 Å². The molecule has 9 nitrogen and oxygen atoms in total. The first-order chi connectivity index (χ1) is 19.4. The highest BCUT2D eigenvalue weighted by molar-refractivity contribution is 7.07. The Balaban J connectivity index is 1.89. The van der Waals surface area contributed by atoms with Crippen molar-refractivity contribution >= 4 is 28.8 Å². The molecule has 1 unspecified atom stereocenters. The first-order valence-corrected chi connectivity index (χ1v) is 13.6. The zero-order valence-electron chi connectivity index (χ0n) is 22.8. The van der Waals surface area contributed by atoms with E-state index in [2.05, 4.69) is 12.1 Å². The Kier molecular flexibility index (Phi) is 8.83. The highest BCUT2D eigenvalue weighted by atomic mass is 32.1. The van der Waals surface area contributed by atoms with Gasteiger partial charge in [0.1, 0.15) is 10.5 Å². The molecule has 0 bridgehead atoms. The molecule has 10 heteroatoms. The van der Waals surface area contributed by atoms with Crippen LogP contribution in [-0.4, -0.2) is 32.0 Å². The minimum Gasteiger partial charge on any atom is -0.493 e. The Morgan fingerprint density at radius 3 is 2.10 bits per heavy atom. The Hall–Kier alpha value is -4.67. The van der Waals surface area contributed by atoms with Crippen molar-refractivity contribution in [2.24, 2.45) is 5.73 Å². The molecule has 1 aliphatic rings. The molecule has 40 heavy (non-hydrogen) atoms. The van der Waals surface area contributed by atoms with Crippen molar-refractivity contribution in [2.75, 3.05) is 27.4 Å². The fourth-order valence-corrected chi connectivity index (χ4v) is 5.56. The number of benzene rings is 2. The van der Waals surface area contributed by atoms with Crippen LogP contribution in [0.2, 0.25) is 0 Å². The third-order valence-electron chi connectivity index (χ3n) is 6.32. The minimum atomic E-state index is -0.773. The van der Waals surface area contributed by atoms with Crippen LogP contribution in [0.1, 0.15) is 43.7 Å². The van der Waals surface area contributed by atoms with E-state index in [0.29, 0.717) is 56.5 Å². The third kappa shape index (κ3) is 5.27. The van der Waals surface area contributed by atoms with E-state index in [0.717, 1.165) is 24.2 Å². The van der Waals surface area contributed by atoms with E-state index in [4.69, 9.17) is 24.7 Å². The monoisotopic (exact) mass is 558 g/mol. The van der Waals surface area contributed by atoms with Crippen molar-refractivity contribution in [3.8, 4) is 35.1 Å². The van der Waals surface area contributed by atoms with E-state index in [1.807, 2.05) is 19.9 Å². The molecular weight excluding hydrogens is 528 g/mol. The average molecular weight is 559 g/mol. The standard InChI is InChI=1S/C30H30N4O5S/c1-5-11-38-22-9-7-18(13-24(22)36-3)14-26-29(35)34-28(33)20(16-31)27(21(17-32)30(34)40-26)19-8-10-23(39-12-6-2)25(15-19)37-4/h7-10,13-15,27H,5-6,11-12,33H2,1-4H3. The molecule has 0 radical (unpaired) electrons. The molecule has 206 valence electrons. The lowest BCUT2D eigenvalue weighted by atomic mass is 9.84. The Morgan fingerprint density at radius 2 is 1.52 bits per heavy atom. The van der Waals surface area contributed by atoms with Gasteiger partial charge < -0.3 is 24.7 Å². The summed E-state index contributed by atoms with van der Waals surface area (Å²) >= 11 is 1.14. The molecule has 4 rings (SSSR count). The number of nitrogens with zero attached hydrogens (tertiary/aromatic N) is 3. The summed E-state index contributed by atoms with van der Waals surface area (Å²) in [7, 11) is 3.08. The van der Waals surface area contributed by atoms with Gasteiger partial charge in [0.2, 0.25) is 0 Å². The van der Waals surface area contributed by atoms with Crippen LogP contribution in [-0.2, 0) is 0 Å². The average Bonchev–Trinajstić information content (AvgIpc) is 3.30. The van der Waals surface area contributed by atoms with Crippen molar-refractivity contribution < 1.29 is 18.9 Å². The molecule has 0 fully saturated rings. The van der Waals surface area contributed by atoms with E-state index in [-0.39, 0.29) is 17.0 Å². The number of aromatic nitrogens is 1. The van der Waals surface area contributed by atoms with Crippen LogP contribution in [0.15, 0.2) is 46.8 Å². The van der Waals surface area contributed by atoms with Gasteiger partial charge in [0.15, 0.2) is 23.0 Å². The summed E-state index contributed by atoms with van der Waals surface area (Å²) in [5.41, 5.74) is 7.71. The summed E-state index contributed by atoms with van der Waals surface area (Å²) in [6.07, 6.45) is 3.39. The van der Waals surface area contributed by atoms with Crippen molar-refractivity contribution in [3.63, 3.8) is 0 Å². The normalized spacial score (nSPS) is 14.8. The maximum absolute atomic E-state index is 13.5. The quantitative estimate of drug-likeness (QED) is 0.400. The minimum absolute atomic E-state index is 0.00595. The number of methoxy groups -OCH3 is 2. The van der Waals surface area contributed by atoms with E-state index in [1.54, 1.807) is 43.5 Å². The smallest absolute Gasteiger partial charge is 0.274 e. The number of ether oxygens (including phenoxy) is 4. The van der Waals surface area contributed by atoms with Gasteiger partial charge in [0.05, 0.1) is 61.2 Å². The van der Waals surface area contributed by atoms with Gasteiger partial charge in [-0.05, 0) is 54.3 Å². The number of hydrogen-bond acceptors (Lipinski definition) is 9. The molecule has 2 heterocycles. The van der Waals surface area contributed by atoms with Gasteiger partial charge in [-0.1, -0.05) is 26.0 Å². The topological polar surface area (TPSA) is 133 Å². The van der Waals surface area contributed by atoms with Gasteiger partial charge in [-0.25, -0.2) is 0 Å². The van der Waals surface area contributed by atoms with E-state index >= 15 is 0 Å². The number of rotatable bonds is 10. The summed E-state index contributed by atoms with van der Waals surface area (Å²) < 4.78 is 24.5. The molecule has 2 aromatic carbocycles. The summed E-state index contributed by atoms with van der Waals surface area (Å²) in [5, 5.41) is 20.4. The van der Waals surface area contributed by atoms with Crippen molar-refractivity contribution in [1.29, 1.82) is 10.5 Å². The van der Waals surface area contributed by atoms with Crippen molar-refractivity contribution in [3.05, 3.63) is 72.6 Å². The number of hydrogen-bond donors (Lipinski definition) is 1. The lowest BCUT2D eigenvalue weighted by Crippen LogP contribution is -2.38. The third-order valence-corrected chi connectivity index (χ3v) is 7.43. The number of allylic oxidation sites excluding steroid dienone is 1. The maximum atomic E-state index is 13.5. The van der Waals surface area contributed by atoms with Crippen LogP contribution in [0.4, 0.5) is 0 Å². The zero-order chi connectivity index (χ0) is 28.8. The molecule has 2 N–H and O–H groups in total. The second-order valence-electron chi connectivity index (χ2n) is 8.94. The Labute approximate surface area is 236 Å². The maximum Gasteiger partial charge on any atom is 0.274 e. The SMILES string of the molecule is CCCOc1ccc(C=c2sc3n(c2=O)C(N)=C(C#N)C(c2ccc(OCCC)c(OC)c2)C=3C#N)cc1OC. The molecule has 0 aliphatic carbocycles. The highest BCUT2D eigenvalue weighted by Gasteiger charge is 2.32. The summed E-state index contributed by atoms with van der Waals surface area (Å²) in [5.74, 6) is 1.41. The van der Waals surface area contributed by atoms with Crippen LogP contribution in [0.3, 0.4) is 0 Å². The molecule has 0 amide bonds. The first kappa shape index (κ1) is 28.3. The van der Waals surface area contributed by atoms with Crippen LogP contribution in [0, 0.1) is 22.7 Å². The van der Waals surface area contributed by atoms with Gasteiger partial charge in [0, 0.05) is 0 Å². The van der Waals surface area contributed by atoms with Crippen LogP contribution >= 0.6 is 11.3 Å². The lowest BCUT2D eigenvalue weighted by molar-refractivity contribution is 0.294. The van der Waals surface area contributed by atoms with Crippen molar-refractivity contribution in [1.82, 2.24) is 4.57 Å². The molecule has 3 aromatic rings. The number of nitriles is 2. The van der Waals surface area contributed by atoms with Gasteiger partial charge >= 0.3 is 0 Å². The predicted octanol–water partition coefficient (Wildman–Crippen LogP) is 3.46. The zero-order valence-corrected chi connectivity index (χ0v) is 23.6. The number of fused-ring (bicyclic) bond motifs is 1. The summed E-state index contributed by atoms with van der Waals surface area (Å²) in [6.45, 7) is 5.10. The Morgan fingerprint density at radius 1 is 0.925 bits per heavy atom. The van der Waals surface area contributed by atoms with E-state index < -0.39 is 11.5 Å². The molecule has 0 spiro atoms. The molecule has 0 saturated heterocycles. The molecule has 0 saturated carbocycles. The summed E-state index contributed by atoms with van der Waals surface area (Å²) in [6, 6.07) is 15.0. The Bertz CT molecular complexity index is 1720. The first-order valence-electron chi connectivity index (χ1n) is 12.8. The lowest BCUT2D eigenvalue weighted by Gasteiger charge is -2.23. The van der Waals surface area contributed by atoms with Crippen molar-refractivity contribution in [2.45, 2.75) is 32.6 Å². The fraction of sp³-hybridized carbons (Fsp3) is 0.300. The van der Waals surface area contributed by atoms with Gasteiger partial charge in [-0.3, -0.25) is 9.36 Å². The van der Waals surface area contributed by atoms with Gasteiger partial charge in [-0.2, -0.15) is 10.5 Å². The van der Waals surface area contributed by atoms with E-state index in [9.17, 15) is 15.3 Å². The number of nitrogens with two attached hydrogens (primary N) is 1. The van der Waals surface area contributed by atoms with Crippen LogP contribution < -0.4 is 39.4 Å². The molecular formula is C30H30N4O5S. The van der Waals surface area contributed by atoms with Gasteiger partial charge in [-0.15, -0.1) is 11.3 Å². The molecule has 1 aliphatic heterocycles. The molecule has 1 atom stereocenters. The largest absolute Gasteiger partial charge is 0.493 e. The fourth-order valence-electron chi connectivity index (χ4n) is 4.44. The molecule has 1 aromatic heterocycles. The predicted molar refractivity (Wildman–Crippen MR) is 154 cm³/mol. The van der Waals surface area contributed by atoms with Crippen LogP contribution in [0.25, 0.3) is 17.5 Å².